The smallest absolute Gasteiger partial charge is 0.0645 e. The Labute approximate surface area is 172 Å². The van der Waals surface area contributed by atoms with Crippen LogP contribution in [0.2, 0.25) is 0 Å². The van der Waals surface area contributed by atoms with Crippen LogP contribution in [0, 0.1) is 0 Å². The number of fused-ring (bicyclic) bond motifs is 3. The molecule has 142 valence electrons. The number of rotatable bonds is 3. The van der Waals surface area contributed by atoms with Gasteiger partial charge >= 0.3 is 0 Å². The van der Waals surface area contributed by atoms with Gasteiger partial charge in [-0.05, 0) is 39.4 Å². The number of hydrazine groups is 1. The first-order valence-corrected chi connectivity index (χ1v) is 10.0. The van der Waals surface area contributed by atoms with Crippen molar-refractivity contribution in [3.63, 3.8) is 0 Å². The third-order valence-electron chi connectivity index (χ3n) is 6.13. The van der Waals surface area contributed by atoms with Crippen LogP contribution in [0.5, 0.6) is 0 Å². The first-order valence-electron chi connectivity index (χ1n) is 10.0. The standard InChI is InChI=1S/C27H24N2/c1-27(2)23-16-10-9-15-20(23)22-17-21(18-11-5-3-6-12-18)26(29-28)24(25(22)27)19-13-7-4-8-14-19/h3-17,29H,28H2,1-2H3. The molecule has 2 heteroatoms. The molecule has 0 spiro atoms. The Morgan fingerprint density at radius 2 is 1.24 bits per heavy atom. The van der Waals surface area contributed by atoms with Gasteiger partial charge in [0.1, 0.15) is 0 Å². The molecule has 0 unspecified atom stereocenters. The number of hydrogen-bond donors (Lipinski definition) is 2. The fourth-order valence-corrected chi connectivity index (χ4v) is 4.83. The summed E-state index contributed by atoms with van der Waals surface area (Å²) in [5, 5.41) is 0. The van der Waals surface area contributed by atoms with E-state index in [4.69, 9.17) is 5.84 Å². The summed E-state index contributed by atoms with van der Waals surface area (Å²) in [6.45, 7) is 4.62. The monoisotopic (exact) mass is 376 g/mol. The van der Waals surface area contributed by atoms with Crippen LogP contribution >= 0.6 is 0 Å². The molecule has 29 heavy (non-hydrogen) atoms. The molecule has 4 aromatic rings. The molecule has 0 amide bonds. The van der Waals surface area contributed by atoms with Crippen LogP contribution in [0.25, 0.3) is 33.4 Å². The van der Waals surface area contributed by atoms with Gasteiger partial charge in [0.15, 0.2) is 0 Å². The van der Waals surface area contributed by atoms with E-state index in [0.29, 0.717) is 0 Å². The van der Waals surface area contributed by atoms with Gasteiger partial charge in [-0.1, -0.05) is 98.8 Å². The van der Waals surface area contributed by atoms with Crippen molar-refractivity contribution in [1.82, 2.24) is 0 Å². The Kier molecular flexibility index (Phi) is 4.04. The van der Waals surface area contributed by atoms with E-state index in [9.17, 15) is 0 Å². The van der Waals surface area contributed by atoms with Crippen LogP contribution < -0.4 is 11.3 Å². The van der Waals surface area contributed by atoms with Crippen LogP contribution in [0.3, 0.4) is 0 Å². The van der Waals surface area contributed by atoms with Gasteiger partial charge in [0.25, 0.3) is 0 Å². The molecule has 3 N–H and O–H groups in total. The zero-order valence-electron chi connectivity index (χ0n) is 16.7. The van der Waals surface area contributed by atoms with Gasteiger partial charge in [0, 0.05) is 16.5 Å². The molecule has 0 heterocycles. The molecule has 0 bridgehead atoms. The molecule has 0 fully saturated rings. The minimum Gasteiger partial charge on any atom is -0.323 e. The summed E-state index contributed by atoms with van der Waals surface area (Å²) in [5.41, 5.74) is 13.9. The van der Waals surface area contributed by atoms with Crippen molar-refractivity contribution in [3.05, 3.63) is 102 Å². The van der Waals surface area contributed by atoms with Crippen LogP contribution in [0.4, 0.5) is 5.69 Å². The Balaban J connectivity index is 1.95. The van der Waals surface area contributed by atoms with Crippen LogP contribution in [-0.2, 0) is 5.41 Å². The van der Waals surface area contributed by atoms with Gasteiger partial charge in [-0.25, -0.2) is 0 Å². The van der Waals surface area contributed by atoms with E-state index in [1.165, 1.54) is 33.4 Å². The number of nitrogen functional groups attached to an aromatic ring is 1. The average molecular weight is 377 g/mol. The second-order valence-electron chi connectivity index (χ2n) is 8.14. The number of benzene rings is 4. The normalized spacial score (nSPS) is 13.6. The molecule has 0 saturated carbocycles. The third kappa shape index (κ3) is 2.60. The maximum Gasteiger partial charge on any atom is 0.0645 e. The molecule has 0 radical (unpaired) electrons. The first-order chi connectivity index (χ1) is 14.1. The largest absolute Gasteiger partial charge is 0.323 e. The third-order valence-corrected chi connectivity index (χ3v) is 6.13. The van der Waals surface area contributed by atoms with E-state index >= 15 is 0 Å². The van der Waals surface area contributed by atoms with Crippen LogP contribution in [0.1, 0.15) is 25.0 Å². The second kappa shape index (κ2) is 6.61. The lowest BCUT2D eigenvalue weighted by Gasteiger charge is -2.27. The van der Waals surface area contributed by atoms with Crippen molar-refractivity contribution >= 4 is 5.69 Å². The zero-order valence-corrected chi connectivity index (χ0v) is 16.7. The lowest BCUT2D eigenvalue weighted by Crippen LogP contribution is -2.18. The zero-order chi connectivity index (χ0) is 20.0. The number of nitrogens with two attached hydrogens (primary N) is 1. The maximum atomic E-state index is 6.16. The van der Waals surface area contributed by atoms with E-state index in [2.05, 4.69) is 104 Å². The number of anilines is 1. The predicted octanol–water partition coefficient (Wildman–Crippen LogP) is 6.61. The van der Waals surface area contributed by atoms with E-state index in [0.717, 1.165) is 16.8 Å². The van der Waals surface area contributed by atoms with Crippen molar-refractivity contribution < 1.29 is 0 Å². The number of nitrogens with one attached hydrogen (secondary N) is 1. The topological polar surface area (TPSA) is 38.0 Å². The fourth-order valence-electron chi connectivity index (χ4n) is 4.83. The van der Waals surface area contributed by atoms with E-state index in [1.54, 1.807) is 0 Å². The Morgan fingerprint density at radius 1 is 0.655 bits per heavy atom. The summed E-state index contributed by atoms with van der Waals surface area (Å²) in [5.74, 6) is 6.16. The Morgan fingerprint density at radius 3 is 1.90 bits per heavy atom. The van der Waals surface area contributed by atoms with Gasteiger partial charge < -0.3 is 5.43 Å². The summed E-state index contributed by atoms with van der Waals surface area (Å²) in [6, 6.07) is 32.1. The van der Waals surface area contributed by atoms with Gasteiger partial charge in [-0.2, -0.15) is 0 Å². The summed E-state index contributed by atoms with van der Waals surface area (Å²) in [7, 11) is 0. The van der Waals surface area contributed by atoms with Gasteiger partial charge in [0.2, 0.25) is 0 Å². The lowest BCUT2D eigenvalue weighted by atomic mass is 9.77. The van der Waals surface area contributed by atoms with Crippen molar-refractivity contribution in [2.24, 2.45) is 5.84 Å². The summed E-state index contributed by atoms with van der Waals surface area (Å²) in [6.07, 6.45) is 0. The molecule has 0 aliphatic heterocycles. The highest BCUT2D eigenvalue weighted by atomic mass is 15.2. The molecular weight excluding hydrogens is 352 g/mol. The molecule has 4 aromatic carbocycles. The van der Waals surface area contributed by atoms with Crippen molar-refractivity contribution in [2.75, 3.05) is 5.43 Å². The van der Waals surface area contributed by atoms with E-state index in [-0.39, 0.29) is 5.41 Å². The highest BCUT2D eigenvalue weighted by Gasteiger charge is 2.39. The molecule has 0 saturated heterocycles. The second-order valence-corrected chi connectivity index (χ2v) is 8.14. The average Bonchev–Trinajstić information content (AvgIpc) is 3.01. The lowest BCUT2D eigenvalue weighted by molar-refractivity contribution is 0.662. The fraction of sp³-hybridized carbons (Fsp3) is 0.111. The summed E-state index contributed by atoms with van der Waals surface area (Å²) >= 11 is 0. The quantitative estimate of drug-likeness (QED) is 0.312. The van der Waals surface area contributed by atoms with Crippen molar-refractivity contribution in [2.45, 2.75) is 19.3 Å². The SMILES string of the molecule is CC1(C)c2ccccc2-c2cc(-c3ccccc3)c(NN)c(-c3ccccc3)c21. The van der Waals surface area contributed by atoms with E-state index < -0.39 is 0 Å². The highest BCUT2D eigenvalue weighted by Crippen LogP contribution is 2.56. The van der Waals surface area contributed by atoms with Gasteiger partial charge in [-0.3, -0.25) is 5.84 Å². The van der Waals surface area contributed by atoms with Crippen LogP contribution in [0.15, 0.2) is 91.0 Å². The Hall–Kier alpha value is -3.36. The first kappa shape index (κ1) is 17.7. The highest BCUT2D eigenvalue weighted by molar-refractivity contribution is 6.00. The number of hydrogen-bond acceptors (Lipinski definition) is 2. The molecule has 0 atom stereocenters. The van der Waals surface area contributed by atoms with Crippen LogP contribution in [-0.4, -0.2) is 0 Å². The minimum absolute atomic E-state index is 0.113. The molecule has 1 aliphatic carbocycles. The molecule has 0 aromatic heterocycles. The molecular formula is C27H24N2. The molecule has 1 aliphatic rings. The Bertz CT molecular complexity index is 1190. The summed E-state index contributed by atoms with van der Waals surface area (Å²) < 4.78 is 0. The summed E-state index contributed by atoms with van der Waals surface area (Å²) in [4.78, 5) is 0. The van der Waals surface area contributed by atoms with E-state index in [1.807, 2.05) is 6.07 Å². The van der Waals surface area contributed by atoms with Gasteiger partial charge in [-0.15, -0.1) is 0 Å². The molecule has 5 rings (SSSR count). The van der Waals surface area contributed by atoms with Crippen molar-refractivity contribution in [3.8, 4) is 33.4 Å². The minimum atomic E-state index is -0.113. The predicted molar refractivity (Wildman–Crippen MR) is 123 cm³/mol. The maximum absolute atomic E-state index is 6.16. The van der Waals surface area contributed by atoms with Crippen molar-refractivity contribution in [1.29, 1.82) is 0 Å². The van der Waals surface area contributed by atoms with Gasteiger partial charge in [0.05, 0.1) is 5.69 Å². The molecule has 2 nitrogen and oxygen atoms in total.